The summed E-state index contributed by atoms with van der Waals surface area (Å²) in [4.78, 5) is 37.6. The van der Waals surface area contributed by atoms with Gasteiger partial charge in [-0.2, -0.15) is 0 Å². The first-order chi connectivity index (χ1) is 26.9. The lowest BCUT2D eigenvalue weighted by molar-refractivity contribution is -0.122. The molecule has 55 heavy (non-hydrogen) atoms. The van der Waals surface area contributed by atoms with Gasteiger partial charge in [-0.3, -0.25) is 14.4 Å². The summed E-state index contributed by atoms with van der Waals surface area (Å²) in [6, 6.07) is 28.4. The number of benzene rings is 4. The Balaban J connectivity index is 0.718. The van der Waals surface area contributed by atoms with Crippen LogP contribution in [0.5, 0.6) is 17.2 Å². The highest BCUT2D eigenvalue weighted by Gasteiger charge is 2.36. The number of ketones is 2. The molecule has 12 heteroatoms. The van der Waals surface area contributed by atoms with Crippen LogP contribution in [0.3, 0.4) is 0 Å². The number of aryl methyl sites for hydroxylation is 2. The van der Waals surface area contributed by atoms with Crippen LogP contribution in [0.2, 0.25) is 0 Å². The monoisotopic (exact) mass is 743 g/mol. The summed E-state index contributed by atoms with van der Waals surface area (Å²) in [5.41, 5.74) is 4.15. The molecule has 1 unspecified atom stereocenters. The zero-order valence-corrected chi connectivity index (χ0v) is 30.5. The summed E-state index contributed by atoms with van der Waals surface area (Å²) in [6.07, 6.45) is 3.55. The molecule has 0 fully saturated rings. The number of carbonyl (C=O) groups excluding carboxylic acids is 2. The first-order valence-electron chi connectivity index (χ1n) is 18.3. The van der Waals surface area contributed by atoms with E-state index in [1.54, 1.807) is 53.2 Å². The number of para-hydroxylation sites is 1. The molecule has 2 aromatic heterocycles. The van der Waals surface area contributed by atoms with Crippen molar-refractivity contribution in [3.8, 4) is 28.6 Å². The lowest BCUT2D eigenvalue weighted by atomic mass is 9.95. The van der Waals surface area contributed by atoms with Gasteiger partial charge in [-0.05, 0) is 86.8 Å². The molecule has 0 aliphatic carbocycles. The smallest absolute Gasteiger partial charge is 0.248 e. The zero-order chi connectivity index (χ0) is 38.0. The maximum Gasteiger partial charge on any atom is 0.248 e. The van der Waals surface area contributed by atoms with Gasteiger partial charge in [-0.25, -0.2) is 4.68 Å². The molecule has 0 saturated heterocycles. The quantitative estimate of drug-likeness (QED) is 0.0681. The van der Waals surface area contributed by atoms with E-state index in [-0.39, 0.29) is 11.0 Å². The Morgan fingerprint density at radius 2 is 1.47 bits per heavy atom. The Kier molecular flexibility index (Phi) is 12.1. The molecular formula is C43H41N3O9. The number of carbonyl (C=O) groups is 2. The average Bonchev–Trinajstić information content (AvgIpc) is 3.66. The minimum Gasteiger partial charge on any atom is -0.494 e. The normalized spacial score (nSPS) is 13.8. The molecule has 1 aliphatic heterocycles. The predicted octanol–water partition coefficient (Wildman–Crippen LogP) is 6.76. The van der Waals surface area contributed by atoms with Crippen LogP contribution in [-0.4, -0.2) is 66.2 Å². The van der Waals surface area contributed by atoms with Crippen molar-refractivity contribution in [1.29, 1.82) is 0 Å². The molecule has 4 aromatic carbocycles. The summed E-state index contributed by atoms with van der Waals surface area (Å²) < 4.78 is 36.5. The maximum absolute atomic E-state index is 12.6. The topological polar surface area (TPSA) is 141 Å². The van der Waals surface area contributed by atoms with E-state index >= 15 is 0 Å². The second kappa shape index (κ2) is 17.8. The van der Waals surface area contributed by atoms with Gasteiger partial charge in [0.25, 0.3) is 0 Å². The van der Waals surface area contributed by atoms with Crippen LogP contribution >= 0.6 is 0 Å². The Morgan fingerprint density at radius 3 is 2.29 bits per heavy atom. The number of fused-ring (bicyclic) bond motifs is 2. The third-order valence-electron chi connectivity index (χ3n) is 9.06. The van der Waals surface area contributed by atoms with Crippen LogP contribution in [0.4, 0.5) is 0 Å². The number of unbranched alkanes of at least 4 members (excludes halogenated alkanes) is 1. The molecule has 6 aromatic rings. The van der Waals surface area contributed by atoms with E-state index in [1.165, 1.54) is 6.07 Å². The fourth-order valence-electron chi connectivity index (χ4n) is 6.13. The van der Waals surface area contributed by atoms with Crippen LogP contribution in [0.1, 0.15) is 46.1 Å². The van der Waals surface area contributed by atoms with Crippen molar-refractivity contribution in [1.82, 2.24) is 15.0 Å². The fourth-order valence-corrected chi connectivity index (χ4v) is 6.13. The second-order valence-electron chi connectivity index (χ2n) is 13.1. The highest BCUT2D eigenvalue weighted by molar-refractivity contribution is 6.46. The predicted molar refractivity (Wildman–Crippen MR) is 204 cm³/mol. The van der Waals surface area contributed by atoms with Gasteiger partial charge in [0, 0.05) is 23.4 Å². The van der Waals surface area contributed by atoms with Gasteiger partial charge in [-0.1, -0.05) is 41.1 Å². The van der Waals surface area contributed by atoms with Crippen LogP contribution in [0, 0.1) is 6.92 Å². The highest BCUT2D eigenvalue weighted by Crippen LogP contribution is 2.33. The van der Waals surface area contributed by atoms with E-state index in [0.717, 1.165) is 41.8 Å². The molecule has 0 saturated carbocycles. The molecule has 0 N–H and O–H groups in total. The Hall–Kier alpha value is -6.11. The van der Waals surface area contributed by atoms with Crippen molar-refractivity contribution >= 4 is 22.5 Å². The molecule has 0 bridgehead atoms. The summed E-state index contributed by atoms with van der Waals surface area (Å²) in [5.74, 6) is 1.18. The summed E-state index contributed by atoms with van der Waals surface area (Å²) in [7, 11) is 0. The van der Waals surface area contributed by atoms with Crippen molar-refractivity contribution in [2.24, 2.45) is 0 Å². The molecule has 1 atom stereocenters. The van der Waals surface area contributed by atoms with Crippen LogP contribution in [0.25, 0.3) is 22.3 Å². The van der Waals surface area contributed by atoms with Crippen molar-refractivity contribution in [3.63, 3.8) is 0 Å². The Bertz CT molecular complexity index is 2300. The molecule has 0 spiro atoms. The van der Waals surface area contributed by atoms with Gasteiger partial charge in [0.2, 0.25) is 11.6 Å². The maximum atomic E-state index is 12.6. The minimum absolute atomic E-state index is 0.0584. The number of ether oxygens (including phenoxy) is 5. The molecule has 282 valence electrons. The largest absolute Gasteiger partial charge is 0.494 e. The lowest BCUT2D eigenvalue weighted by Crippen LogP contribution is -2.31. The standard InChI is InChI=1S/C43H41N3O9/c1-29-9-18-39-36(26-29)37(47)27-40(54-39)30-10-14-33(15-11-30)52-20-5-4-6-32-28-46(45-44-32)19-21-50-22-23-51-24-25-53-34-16-12-31(13-17-34)43-42(49)41(48)35-7-2-3-8-38(35)55-43/h2-3,7-18,26-28,43H,4-6,19-25H2,1H3. The number of aromatic nitrogens is 3. The summed E-state index contributed by atoms with van der Waals surface area (Å²) in [5, 5.41) is 9.05. The van der Waals surface area contributed by atoms with Crippen molar-refractivity contribution < 1.29 is 37.7 Å². The summed E-state index contributed by atoms with van der Waals surface area (Å²) >= 11 is 0. The minimum atomic E-state index is -0.970. The van der Waals surface area contributed by atoms with Crippen molar-refractivity contribution in [2.75, 3.05) is 39.6 Å². The first-order valence-corrected chi connectivity index (χ1v) is 18.3. The van der Waals surface area contributed by atoms with Crippen LogP contribution < -0.4 is 19.6 Å². The van der Waals surface area contributed by atoms with Gasteiger partial charge in [0.1, 0.15) is 35.2 Å². The fraction of sp³-hybridized carbons (Fsp3) is 0.279. The number of hydrogen-bond acceptors (Lipinski definition) is 11. The van der Waals surface area contributed by atoms with Gasteiger partial charge >= 0.3 is 0 Å². The van der Waals surface area contributed by atoms with E-state index in [1.807, 2.05) is 55.6 Å². The van der Waals surface area contributed by atoms with E-state index in [0.29, 0.717) is 80.0 Å². The van der Waals surface area contributed by atoms with Crippen molar-refractivity contribution in [3.05, 3.63) is 136 Å². The van der Waals surface area contributed by atoms with E-state index in [4.69, 9.17) is 28.1 Å². The van der Waals surface area contributed by atoms with E-state index < -0.39 is 17.7 Å². The number of hydrogen-bond donors (Lipinski definition) is 0. The lowest BCUT2D eigenvalue weighted by Gasteiger charge is -2.24. The zero-order valence-electron chi connectivity index (χ0n) is 30.5. The average molecular weight is 744 g/mol. The van der Waals surface area contributed by atoms with Crippen LogP contribution in [-0.2, 0) is 27.2 Å². The van der Waals surface area contributed by atoms with Gasteiger partial charge in [-0.15, -0.1) is 5.10 Å². The van der Waals surface area contributed by atoms with Crippen LogP contribution in [0.15, 0.2) is 112 Å². The molecule has 3 heterocycles. The first kappa shape index (κ1) is 37.2. The molecular weight excluding hydrogens is 702 g/mol. The van der Waals surface area contributed by atoms with E-state index in [9.17, 15) is 14.4 Å². The van der Waals surface area contributed by atoms with Gasteiger partial charge in [0.15, 0.2) is 11.5 Å². The van der Waals surface area contributed by atoms with E-state index in [2.05, 4.69) is 10.3 Å². The van der Waals surface area contributed by atoms with Crippen molar-refractivity contribution in [2.45, 2.75) is 38.8 Å². The number of nitrogens with zero attached hydrogens (tertiary/aromatic N) is 3. The third kappa shape index (κ3) is 9.53. The molecule has 1 aliphatic rings. The number of Topliss-reactive ketones (excluding diaryl/α,β-unsaturated/α-hetero) is 2. The SMILES string of the molecule is Cc1ccc2oc(-c3ccc(OCCCCc4cn(CCOCCOCCOc5ccc(C6Oc7ccccc7C(=O)C6=O)cc5)nn4)cc3)cc(=O)c2c1. The highest BCUT2D eigenvalue weighted by atomic mass is 16.5. The molecule has 12 nitrogen and oxygen atoms in total. The van der Waals surface area contributed by atoms with Gasteiger partial charge < -0.3 is 28.1 Å². The third-order valence-corrected chi connectivity index (χ3v) is 9.06. The number of rotatable bonds is 18. The Morgan fingerprint density at radius 1 is 0.745 bits per heavy atom. The van der Waals surface area contributed by atoms with Gasteiger partial charge in [0.05, 0.1) is 56.2 Å². The molecule has 0 radical (unpaired) electrons. The molecule has 0 amide bonds. The Labute approximate surface area is 317 Å². The summed E-state index contributed by atoms with van der Waals surface area (Å²) in [6.45, 7) is 5.20. The second-order valence-corrected chi connectivity index (χ2v) is 13.1. The molecule has 7 rings (SSSR count).